The lowest BCUT2D eigenvalue weighted by atomic mass is 9.93. The van der Waals surface area contributed by atoms with Crippen molar-refractivity contribution in [3.63, 3.8) is 0 Å². The van der Waals surface area contributed by atoms with Crippen molar-refractivity contribution in [3.8, 4) is 0 Å². The molecule has 0 bridgehead atoms. The van der Waals surface area contributed by atoms with E-state index < -0.39 is 5.54 Å². The van der Waals surface area contributed by atoms with Gasteiger partial charge in [-0.05, 0) is 39.5 Å². The maximum atomic E-state index is 13.0. The predicted molar refractivity (Wildman–Crippen MR) is 83.4 cm³/mol. The van der Waals surface area contributed by atoms with Crippen LogP contribution in [0.4, 0.5) is 0 Å². The minimum absolute atomic E-state index is 0.0595. The van der Waals surface area contributed by atoms with Crippen LogP contribution in [0, 0.1) is 5.92 Å². The lowest BCUT2D eigenvalue weighted by molar-refractivity contribution is -0.150. The van der Waals surface area contributed by atoms with Crippen molar-refractivity contribution >= 4 is 12.3 Å². The van der Waals surface area contributed by atoms with E-state index in [-0.39, 0.29) is 11.9 Å². The van der Waals surface area contributed by atoms with Crippen LogP contribution < -0.4 is 0 Å². The Balaban J connectivity index is 5.36. The second-order valence-electron chi connectivity index (χ2n) is 6.37. The summed E-state index contributed by atoms with van der Waals surface area (Å²) in [6.45, 7) is 15.5. The molecule has 0 saturated heterocycles. The number of hydrogen-bond donors (Lipinski definition) is 0. The lowest BCUT2D eigenvalue weighted by Gasteiger charge is -2.42. The molecule has 0 rings (SSSR count). The van der Waals surface area contributed by atoms with Gasteiger partial charge in [0.2, 0.25) is 12.3 Å². The number of amides is 2. The Bertz CT molecular complexity index is 316. The standard InChI is InChI=1S/C16H32N2O2/c1-8-10-17(12-19)16(7,9-2)15(20)18(14(5)6)11-13(3)4/h12-14H,8-11H2,1-7H3. The maximum absolute atomic E-state index is 13.0. The molecule has 0 aromatic carbocycles. The second kappa shape index (κ2) is 8.28. The van der Waals surface area contributed by atoms with Gasteiger partial charge < -0.3 is 9.80 Å². The molecule has 4 nitrogen and oxygen atoms in total. The van der Waals surface area contributed by atoms with Gasteiger partial charge in [-0.2, -0.15) is 0 Å². The summed E-state index contributed by atoms with van der Waals surface area (Å²) in [6, 6.07) is 0.144. The summed E-state index contributed by atoms with van der Waals surface area (Å²) in [7, 11) is 0. The molecule has 0 radical (unpaired) electrons. The third-order valence-corrected chi connectivity index (χ3v) is 3.82. The summed E-state index contributed by atoms with van der Waals surface area (Å²) in [5.74, 6) is 0.475. The van der Waals surface area contributed by atoms with E-state index in [0.717, 1.165) is 19.4 Å². The maximum Gasteiger partial charge on any atom is 0.248 e. The van der Waals surface area contributed by atoms with E-state index in [4.69, 9.17) is 0 Å². The number of carbonyl (C=O) groups is 2. The zero-order chi connectivity index (χ0) is 15.9. The first kappa shape index (κ1) is 18.9. The fourth-order valence-electron chi connectivity index (χ4n) is 2.36. The van der Waals surface area contributed by atoms with Crippen LogP contribution in [0.3, 0.4) is 0 Å². The molecule has 0 heterocycles. The summed E-state index contributed by atoms with van der Waals surface area (Å²) < 4.78 is 0. The van der Waals surface area contributed by atoms with Crippen molar-refractivity contribution < 1.29 is 9.59 Å². The van der Waals surface area contributed by atoms with Gasteiger partial charge in [0.25, 0.3) is 0 Å². The topological polar surface area (TPSA) is 40.6 Å². The minimum atomic E-state index is -0.739. The van der Waals surface area contributed by atoms with Crippen molar-refractivity contribution in [2.24, 2.45) is 5.92 Å². The quantitative estimate of drug-likeness (QED) is 0.611. The van der Waals surface area contributed by atoms with Crippen LogP contribution in [0.15, 0.2) is 0 Å². The molecule has 0 aliphatic heterocycles. The summed E-state index contributed by atoms with van der Waals surface area (Å²) in [5.41, 5.74) is -0.739. The molecule has 0 aliphatic carbocycles. The summed E-state index contributed by atoms with van der Waals surface area (Å²) in [4.78, 5) is 27.9. The van der Waals surface area contributed by atoms with Gasteiger partial charge in [0, 0.05) is 19.1 Å². The highest BCUT2D eigenvalue weighted by atomic mass is 16.2. The molecule has 0 spiro atoms. The Labute approximate surface area is 124 Å². The fourth-order valence-corrected chi connectivity index (χ4v) is 2.36. The SMILES string of the molecule is CCCN(C=O)C(C)(CC)C(=O)N(CC(C)C)C(C)C. The fraction of sp³-hybridized carbons (Fsp3) is 0.875. The zero-order valence-corrected chi connectivity index (χ0v) is 14.3. The Morgan fingerprint density at radius 2 is 1.75 bits per heavy atom. The van der Waals surface area contributed by atoms with Crippen molar-refractivity contribution in [3.05, 3.63) is 0 Å². The first-order valence-corrected chi connectivity index (χ1v) is 7.77. The van der Waals surface area contributed by atoms with E-state index in [2.05, 4.69) is 13.8 Å². The normalized spacial score (nSPS) is 14.2. The van der Waals surface area contributed by atoms with Gasteiger partial charge in [0.05, 0.1) is 0 Å². The summed E-state index contributed by atoms with van der Waals surface area (Å²) in [5, 5.41) is 0. The molecule has 0 aromatic heterocycles. The largest absolute Gasteiger partial charge is 0.338 e. The molecular formula is C16H32N2O2. The number of nitrogens with zero attached hydrogens (tertiary/aromatic N) is 2. The van der Waals surface area contributed by atoms with E-state index in [0.29, 0.717) is 18.9 Å². The number of hydrogen-bond acceptors (Lipinski definition) is 2. The Morgan fingerprint density at radius 1 is 1.20 bits per heavy atom. The lowest BCUT2D eigenvalue weighted by Crippen LogP contribution is -2.59. The Hall–Kier alpha value is -1.06. The van der Waals surface area contributed by atoms with Crippen molar-refractivity contribution in [1.29, 1.82) is 0 Å². The number of carbonyl (C=O) groups excluding carboxylic acids is 2. The molecule has 0 N–H and O–H groups in total. The van der Waals surface area contributed by atoms with E-state index in [1.807, 2.05) is 39.5 Å². The van der Waals surface area contributed by atoms with Crippen molar-refractivity contribution in [2.75, 3.05) is 13.1 Å². The molecule has 1 unspecified atom stereocenters. The van der Waals surface area contributed by atoms with Gasteiger partial charge in [-0.1, -0.05) is 27.7 Å². The molecule has 2 amide bonds. The molecule has 0 aromatic rings. The molecule has 0 aliphatic rings. The van der Waals surface area contributed by atoms with Crippen LogP contribution in [0.2, 0.25) is 0 Å². The Kier molecular flexibility index (Phi) is 7.84. The highest BCUT2D eigenvalue weighted by Crippen LogP contribution is 2.23. The van der Waals surface area contributed by atoms with Gasteiger partial charge in [0.1, 0.15) is 5.54 Å². The van der Waals surface area contributed by atoms with Gasteiger partial charge in [-0.3, -0.25) is 9.59 Å². The molecule has 20 heavy (non-hydrogen) atoms. The molecular weight excluding hydrogens is 252 g/mol. The molecule has 1 atom stereocenters. The first-order valence-electron chi connectivity index (χ1n) is 7.77. The minimum Gasteiger partial charge on any atom is -0.338 e. The van der Waals surface area contributed by atoms with Crippen LogP contribution in [-0.4, -0.2) is 46.8 Å². The third-order valence-electron chi connectivity index (χ3n) is 3.82. The van der Waals surface area contributed by atoms with Gasteiger partial charge in [0.15, 0.2) is 0 Å². The van der Waals surface area contributed by atoms with Crippen LogP contribution in [0.25, 0.3) is 0 Å². The Morgan fingerprint density at radius 3 is 2.05 bits per heavy atom. The van der Waals surface area contributed by atoms with E-state index in [9.17, 15) is 9.59 Å². The highest BCUT2D eigenvalue weighted by Gasteiger charge is 2.40. The van der Waals surface area contributed by atoms with Crippen LogP contribution in [0.1, 0.15) is 61.3 Å². The average molecular weight is 284 g/mol. The second-order valence-corrected chi connectivity index (χ2v) is 6.37. The summed E-state index contributed by atoms with van der Waals surface area (Å²) >= 11 is 0. The number of rotatable bonds is 9. The van der Waals surface area contributed by atoms with E-state index >= 15 is 0 Å². The van der Waals surface area contributed by atoms with Gasteiger partial charge >= 0.3 is 0 Å². The van der Waals surface area contributed by atoms with E-state index in [1.165, 1.54) is 0 Å². The molecule has 0 fully saturated rings. The third kappa shape index (κ3) is 4.50. The van der Waals surface area contributed by atoms with Crippen molar-refractivity contribution in [1.82, 2.24) is 9.80 Å². The van der Waals surface area contributed by atoms with E-state index in [1.54, 1.807) is 4.90 Å². The average Bonchev–Trinajstić information content (AvgIpc) is 2.39. The molecule has 118 valence electrons. The van der Waals surface area contributed by atoms with Crippen LogP contribution >= 0.6 is 0 Å². The van der Waals surface area contributed by atoms with Gasteiger partial charge in [-0.15, -0.1) is 0 Å². The molecule has 0 saturated carbocycles. The zero-order valence-electron chi connectivity index (χ0n) is 14.3. The smallest absolute Gasteiger partial charge is 0.248 e. The van der Waals surface area contributed by atoms with Crippen LogP contribution in [-0.2, 0) is 9.59 Å². The monoisotopic (exact) mass is 284 g/mol. The predicted octanol–water partition coefficient (Wildman–Crippen LogP) is 2.92. The first-order chi connectivity index (χ1) is 9.24. The van der Waals surface area contributed by atoms with Gasteiger partial charge in [-0.25, -0.2) is 0 Å². The summed E-state index contributed by atoms with van der Waals surface area (Å²) in [6.07, 6.45) is 2.30. The highest BCUT2D eigenvalue weighted by molar-refractivity contribution is 5.88. The molecule has 4 heteroatoms. The van der Waals surface area contributed by atoms with Crippen molar-refractivity contribution in [2.45, 2.75) is 72.9 Å². The van der Waals surface area contributed by atoms with Crippen LogP contribution in [0.5, 0.6) is 0 Å².